The molecule has 2 amide bonds. The third-order valence-corrected chi connectivity index (χ3v) is 4.41. The third-order valence-electron chi connectivity index (χ3n) is 4.41. The Morgan fingerprint density at radius 3 is 2.50 bits per heavy atom. The number of amides is 2. The Morgan fingerprint density at radius 1 is 1.29 bits per heavy atom. The number of carbonyl (C=O) groups excluding carboxylic acids is 2. The Kier molecular flexibility index (Phi) is 6.41. The van der Waals surface area contributed by atoms with Crippen molar-refractivity contribution < 1.29 is 14.3 Å². The van der Waals surface area contributed by atoms with E-state index in [1.54, 1.807) is 6.08 Å². The number of alkyl carbamates (subject to hydrolysis) is 1. The van der Waals surface area contributed by atoms with Crippen molar-refractivity contribution in [3.8, 4) is 0 Å². The van der Waals surface area contributed by atoms with Crippen molar-refractivity contribution in [1.29, 1.82) is 0 Å². The Balaban J connectivity index is 1.93. The van der Waals surface area contributed by atoms with Crippen LogP contribution in [0.5, 0.6) is 0 Å². The second-order valence-corrected chi connectivity index (χ2v) is 6.30. The Hall–Kier alpha value is -2.30. The molecule has 0 bridgehead atoms. The fraction of sp³-hybridized carbons (Fsp3) is 0.474. The smallest absolute Gasteiger partial charge is 0.408 e. The van der Waals surface area contributed by atoms with Crippen LogP contribution in [0.25, 0.3) is 0 Å². The average molecular weight is 330 g/mol. The summed E-state index contributed by atoms with van der Waals surface area (Å²) in [4.78, 5) is 26.7. The molecule has 1 aromatic carbocycles. The van der Waals surface area contributed by atoms with Crippen LogP contribution >= 0.6 is 0 Å². The zero-order chi connectivity index (χ0) is 17.5. The lowest BCUT2D eigenvalue weighted by molar-refractivity contribution is -0.135. The minimum Gasteiger partial charge on any atom is -0.445 e. The minimum absolute atomic E-state index is 0.0657. The van der Waals surface area contributed by atoms with Crippen LogP contribution in [0.2, 0.25) is 0 Å². The SMILES string of the molecule is C=CC[C@@H](NC(=O)OCc1ccccc1)C(=O)N1[C@H](C)CC[C@H]1C. The van der Waals surface area contributed by atoms with E-state index in [1.165, 1.54) is 0 Å². The maximum Gasteiger partial charge on any atom is 0.408 e. The lowest BCUT2D eigenvalue weighted by Gasteiger charge is -2.30. The molecule has 5 nitrogen and oxygen atoms in total. The highest BCUT2D eigenvalue weighted by Crippen LogP contribution is 2.24. The molecule has 1 fully saturated rings. The van der Waals surface area contributed by atoms with Crippen LogP contribution in [-0.4, -0.2) is 35.0 Å². The van der Waals surface area contributed by atoms with Gasteiger partial charge in [-0.25, -0.2) is 4.79 Å². The minimum atomic E-state index is -0.631. The van der Waals surface area contributed by atoms with Crippen molar-refractivity contribution in [1.82, 2.24) is 10.2 Å². The van der Waals surface area contributed by atoms with Crippen LogP contribution in [0, 0.1) is 0 Å². The molecule has 0 spiro atoms. The molecule has 5 heteroatoms. The number of benzene rings is 1. The van der Waals surface area contributed by atoms with Crippen molar-refractivity contribution in [2.75, 3.05) is 0 Å². The standard InChI is InChI=1S/C19H26N2O3/c1-4-8-17(18(22)21-14(2)11-12-15(21)3)20-19(23)24-13-16-9-6-5-7-10-16/h4-7,9-10,14-15,17H,1,8,11-13H2,2-3H3,(H,20,23)/t14-,15-,17-/m1/s1. The van der Waals surface area contributed by atoms with Crippen LogP contribution in [0.15, 0.2) is 43.0 Å². The summed E-state index contributed by atoms with van der Waals surface area (Å²) in [6.45, 7) is 7.95. The van der Waals surface area contributed by atoms with Gasteiger partial charge in [-0.3, -0.25) is 4.79 Å². The monoisotopic (exact) mass is 330 g/mol. The first-order chi connectivity index (χ1) is 11.5. The highest BCUT2D eigenvalue weighted by Gasteiger charge is 2.35. The predicted octanol–water partition coefficient (Wildman–Crippen LogP) is 3.26. The molecule has 3 atom stereocenters. The first-order valence-corrected chi connectivity index (χ1v) is 8.43. The normalized spacial score (nSPS) is 21.2. The summed E-state index contributed by atoms with van der Waals surface area (Å²) in [6, 6.07) is 9.20. The van der Waals surface area contributed by atoms with Gasteiger partial charge in [0.25, 0.3) is 0 Å². The summed E-state index contributed by atoms with van der Waals surface area (Å²) >= 11 is 0. The van der Waals surface area contributed by atoms with E-state index >= 15 is 0 Å². The molecule has 0 aliphatic carbocycles. The first kappa shape index (κ1) is 18.0. The summed E-state index contributed by atoms with van der Waals surface area (Å²) in [5, 5.41) is 2.68. The van der Waals surface area contributed by atoms with Crippen LogP contribution in [0.3, 0.4) is 0 Å². The summed E-state index contributed by atoms with van der Waals surface area (Å²) in [6.07, 6.45) is 3.43. The molecule has 130 valence electrons. The van der Waals surface area contributed by atoms with Crippen LogP contribution in [0.4, 0.5) is 4.79 Å². The highest BCUT2D eigenvalue weighted by atomic mass is 16.5. The van der Waals surface area contributed by atoms with Gasteiger partial charge in [-0.05, 0) is 38.7 Å². The molecular weight excluding hydrogens is 304 g/mol. The van der Waals surface area contributed by atoms with Gasteiger partial charge in [0, 0.05) is 12.1 Å². The first-order valence-electron chi connectivity index (χ1n) is 8.43. The lowest BCUT2D eigenvalue weighted by atomic mass is 10.1. The second-order valence-electron chi connectivity index (χ2n) is 6.30. The molecular formula is C19H26N2O3. The molecule has 24 heavy (non-hydrogen) atoms. The van der Waals surface area contributed by atoms with Gasteiger partial charge in [-0.1, -0.05) is 36.4 Å². The molecule has 0 aromatic heterocycles. The fourth-order valence-corrected chi connectivity index (χ4v) is 3.10. The molecule has 2 rings (SSSR count). The summed E-state index contributed by atoms with van der Waals surface area (Å²) in [5.74, 6) is -0.0657. The van der Waals surface area contributed by atoms with Gasteiger partial charge in [0.2, 0.25) is 5.91 Å². The number of nitrogens with zero attached hydrogens (tertiary/aromatic N) is 1. The number of likely N-dealkylation sites (tertiary alicyclic amines) is 1. The van der Waals surface area contributed by atoms with E-state index in [0.29, 0.717) is 6.42 Å². The summed E-state index contributed by atoms with van der Waals surface area (Å²) in [5.41, 5.74) is 0.904. The molecule has 1 heterocycles. The van der Waals surface area contributed by atoms with Crippen molar-refractivity contribution in [3.63, 3.8) is 0 Å². The maximum absolute atomic E-state index is 12.8. The molecule has 1 aromatic rings. The largest absolute Gasteiger partial charge is 0.445 e. The van der Waals surface area contributed by atoms with Gasteiger partial charge in [-0.15, -0.1) is 6.58 Å². The Labute approximate surface area is 143 Å². The highest BCUT2D eigenvalue weighted by molar-refractivity contribution is 5.86. The molecule has 1 aliphatic rings. The number of carbonyl (C=O) groups is 2. The molecule has 1 saturated heterocycles. The number of ether oxygens (including phenoxy) is 1. The summed E-state index contributed by atoms with van der Waals surface area (Å²) < 4.78 is 5.22. The number of hydrogen-bond donors (Lipinski definition) is 1. The fourth-order valence-electron chi connectivity index (χ4n) is 3.10. The maximum atomic E-state index is 12.8. The average Bonchev–Trinajstić information content (AvgIpc) is 2.91. The van der Waals surface area contributed by atoms with E-state index < -0.39 is 12.1 Å². The van der Waals surface area contributed by atoms with Gasteiger partial charge in [0.1, 0.15) is 12.6 Å². The second kappa shape index (κ2) is 8.52. The van der Waals surface area contributed by atoms with E-state index in [4.69, 9.17) is 4.74 Å². The van der Waals surface area contributed by atoms with Gasteiger partial charge in [0.15, 0.2) is 0 Å². The van der Waals surface area contributed by atoms with E-state index in [-0.39, 0.29) is 24.6 Å². The van der Waals surface area contributed by atoms with Crippen LogP contribution in [-0.2, 0) is 16.1 Å². The van der Waals surface area contributed by atoms with Gasteiger partial charge in [0.05, 0.1) is 0 Å². The number of nitrogens with one attached hydrogen (secondary N) is 1. The topological polar surface area (TPSA) is 58.6 Å². The zero-order valence-electron chi connectivity index (χ0n) is 14.4. The van der Waals surface area contributed by atoms with E-state index in [2.05, 4.69) is 11.9 Å². The van der Waals surface area contributed by atoms with Crippen molar-refractivity contribution in [2.24, 2.45) is 0 Å². The lowest BCUT2D eigenvalue weighted by Crippen LogP contribution is -2.51. The zero-order valence-corrected chi connectivity index (χ0v) is 14.4. The van der Waals surface area contributed by atoms with Crippen molar-refractivity contribution in [3.05, 3.63) is 48.6 Å². The molecule has 1 aliphatic heterocycles. The van der Waals surface area contributed by atoms with Gasteiger partial charge >= 0.3 is 6.09 Å². The molecule has 0 saturated carbocycles. The van der Waals surface area contributed by atoms with E-state index in [9.17, 15) is 9.59 Å². The van der Waals surface area contributed by atoms with Gasteiger partial charge in [-0.2, -0.15) is 0 Å². The molecule has 0 unspecified atom stereocenters. The third kappa shape index (κ3) is 4.60. The van der Waals surface area contributed by atoms with Crippen molar-refractivity contribution in [2.45, 2.75) is 57.8 Å². The Bertz CT molecular complexity index is 563. The van der Waals surface area contributed by atoms with E-state index in [1.807, 2.05) is 49.1 Å². The quantitative estimate of drug-likeness (QED) is 0.815. The summed E-state index contributed by atoms with van der Waals surface area (Å²) in [7, 11) is 0. The molecule has 0 radical (unpaired) electrons. The van der Waals surface area contributed by atoms with Crippen LogP contribution < -0.4 is 5.32 Å². The van der Waals surface area contributed by atoms with E-state index in [0.717, 1.165) is 18.4 Å². The number of hydrogen-bond acceptors (Lipinski definition) is 3. The van der Waals surface area contributed by atoms with Crippen molar-refractivity contribution >= 4 is 12.0 Å². The Morgan fingerprint density at radius 2 is 1.92 bits per heavy atom. The molecule has 1 N–H and O–H groups in total. The van der Waals surface area contributed by atoms with Crippen LogP contribution in [0.1, 0.15) is 38.7 Å². The van der Waals surface area contributed by atoms with Gasteiger partial charge < -0.3 is 15.0 Å². The number of rotatable bonds is 6. The predicted molar refractivity (Wildman–Crippen MR) is 93.4 cm³/mol.